The number of H-pyrrole nitrogens is 1. The van der Waals surface area contributed by atoms with Crippen LogP contribution in [0, 0.1) is 0 Å². The molecule has 0 fully saturated rings. The second kappa shape index (κ2) is 3.95. The van der Waals surface area contributed by atoms with Crippen molar-refractivity contribution in [1.82, 2.24) is 9.55 Å². The molecule has 78 valence electrons. The van der Waals surface area contributed by atoms with E-state index in [0.717, 1.165) is 5.56 Å². The topological polar surface area (TPSA) is 37.8 Å². The van der Waals surface area contributed by atoms with Crippen LogP contribution < -0.4 is 5.69 Å². The van der Waals surface area contributed by atoms with E-state index < -0.39 is 0 Å². The molecule has 0 aliphatic rings. The average Bonchev–Trinajstić information content (AvgIpc) is 2.64. The number of rotatable bonds is 2. The summed E-state index contributed by atoms with van der Waals surface area (Å²) in [5.41, 5.74) is 0.822. The van der Waals surface area contributed by atoms with Crippen LogP contribution in [0.15, 0.2) is 41.5 Å². The van der Waals surface area contributed by atoms with Gasteiger partial charge in [-0.3, -0.25) is 4.57 Å². The van der Waals surface area contributed by atoms with Crippen molar-refractivity contribution in [2.75, 3.05) is 0 Å². The standard InChI is InChI=1S/C11H11ClN2O/c1-8(14-7-6-13-11(14)15)9-4-2-3-5-10(9)12/h2-8H,1H3,(H,13,15). The van der Waals surface area contributed by atoms with Crippen LogP contribution >= 0.6 is 11.6 Å². The van der Waals surface area contributed by atoms with Crippen molar-refractivity contribution >= 4 is 11.6 Å². The molecule has 0 aliphatic heterocycles. The Labute approximate surface area is 92.3 Å². The molecule has 2 aromatic rings. The molecule has 0 saturated heterocycles. The van der Waals surface area contributed by atoms with Gasteiger partial charge in [0.25, 0.3) is 0 Å². The average molecular weight is 223 g/mol. The van der Waals surface area contributed by atoms with Crippen LogP contribution in [0.4, 0.5) is 0 Å². The van der Waals surface area contributed by atoms with Gasteiger partial charge in [-0.2, -0.15) is 0 Å². The fraction of sp³-hybridized carbons (Fsp3) is 0.182. The van der Waals surface area contributed by atoms with Crippen LogP contribution in [-0.4, -0.2) is 9.55 Å². The molecule has 1 unspecified atom stereocenters. The monoisotopic (exact) mass is 222 g/mol. The molecule has 1 aromatic heterocycles. The van der Waals surface area contributed by atoms with Gasteiger partial charge in [0, 0.05) is 17.4 Å². The molecule has 0 radical (unpaired) electrons. The molecule has 15 heavy (non-hydrogen) atoms. The molecule has 1 aromatic carbocycles. The highest BCUT2D eigenvalue weighted by atomic mass is 35.5. The summed E-state index contributed by atoms with van der Waals surface area (Å²) in [6, 6.07) is 7.48. The van der Waals surface area contributed by atoms with Gasteiger partial charge >= 0.3 is 5.69 Å². The molecule has 1 atom stereocenters. The van der Waals surface area contributed by atoms with Crippen molar-refractivity contribution in [2.45, 2.75) is 13.0 Å². The number of halogens is 1. The molecule has 1 heterocycles. The van der Waals surface area contributed by atoms with Crippen molar-refractivity contribution in [1.29, 1.82) is 0 Å². The van der Waals surface area contributed by atoms with Gasteiger partial charge in [0.2, 0.25) is 0 Å². The third-order valence-electron chi connectivity index (χ3n) is 2.45. The maximum Gasteiger partial charge on any atom is 0.326 e. The van der Waals surface area contributed by atoms with Crippen molar-refractivity contribution < 1.29 is 0 Å². The number of aromatic amines is 1. The lowest BCUT2D eigenvalue weighted by Crippen LogP contribution is -2.20. The molecule has 1 N–H and O–H groups in total. The fourth-order valence-electron chi connectivity index (χ4n) is 1.60. The summed E-state index contributed by atoms with van der Waals surface area (Å²) in [5.74, 6) is 0. The summed E-state index contributed by atoms with van der Waals surface area (Å²) < 4.78 is 1.61. The van der Waals surface area contributed by atoms with Crippen molar-refractivity contribution in [2.24, 2.45) is 0 Å². The third kappa shape index (κ3) is 1.83. The lowest BCUT2D eigenvalue weighted by atomic mass is 10.1. The number of benzene rings is 1. The first kappa shape index (κ1) is 10.1. The van der Waals surface area contributed by atoms with Gasteiger partial charge in [-0.1, -0.05) is 29.8 Å². The van der Waals surface area contributed by atoms with Crippen LogP contribution in [0.2, 0.25) is 5.02 Å². The Hall–Kier alpha value is -1.48. The van der Waals surface area contributed by atoms with Gasteiger partial charge in [0.1, 0.15) is 0 Å². The van der Waals surface area contributed by atoms with Crippen LogP contribution in [0.5, 0.6) is 0 Å². The zero-order chi connectivity index (χ0) is 10.8. The summed E-state index contributed by atoms with van der Waals surface area (Å²) in [6.07, 6.45) is 3.34. The fourth-order valence-corrected chi connectivity index (χ4v) is 1.89. The number of nitrogens with one attached hydrogen (secondary N) is 1. The minimum absolute atomic E-state index is 0.0579. The molecular formula is C11H11ClN2O. The highest BCUT2D eigenvalue weighted by Crippen LogP contribution is 2.24. The van der Waals surface area contributed by atoms with Crippen LogP contribution in [-0.2, 0) is 0 Å². The van der Waals surface area contributed by atoms with Gasteiger partial charge in [-0.25, -0.2) is 4.79 Å². The Morgan fingerprint density at radius 3 is 2.73 bits per heavy atom. The van der Waals surface area contributed by atoms with E-state index in [1.807, 2.05) is 31.2 Å². The first-order valence-corrected chi connectivity index (χ1v) is 5.08. The molecule has 4 heteroatoms. The number of imidazole rings is 1. The molecule has 2 rings (SSSR count). The second-order valence-corrected chi connectivity index (χ2v) is 3.78. The summed E-state index contributed by atoms with van der Waals surface area (Å²) in [7, 11) is 0. The molecule has 0 amide bonds. The van der Waals surface area contributed by atoms with E-state index in [0.29, 0.717) is 5.02 Å². The lowest BCUT2D eigenvalue weighted by molar-refractivity contribution is 0.617. The smallest absolute Gasteiger partial charge is 0.313 e. The third-order valence-corrected chi connectivity index (χ3v) is 2.79. The lowest BCUT2D eigenvalue weighted by Gasteiger charge is -2.13. The van der Waals surface area contributed by atoms with Gasteiger partial charge < -0.3 is 4.98 Å². The first-order valence-electron chi connectivity index (χ1n) is 4.70. The zero-order valence-electron chi connectivity index (χ0n) is 8.27. The Kier molecular flexibility index (Phi) is 2.64. The molecule has 0 saturated carbocycles. The van der Waals surface area contributed by atoms with Crippen LogP contribution in [0.25, 0.3) is 0 Å². The molecule has 0 bridgehead atoms. The van der Waals surface area contributed by atoms with Gasteiger partial charge in [0.05, 0.1) is 6.04 Å². The quantitative estimate of drug-likeness (QED) is 0.833. The Morgan fingerprint density at radius 1 is 1.40 bits per heavy atom. The van der Waals surface area contributed by atoms with E-state index in [1.54, 1.807) is 17.0 Å². The van der Waals surface area contributed by atoms with Gasteiger partial charge in [-0.15, -0.1) is 0 Å². The van der Waals surface area contributed by atoms with E-state index in [4.69, 9.17) is 11.6 Å². The normalized spacial score (nSPS) is 12.7. The Bertz CT molecular complexity index is 515. The highest BCUT2D eigenvalue weighted by Gasteiger charge is 2.11. The molecule has 0 spiro atoms. The van der Waals surface area contributed by atoms with E-state index >= 15 is 0 Å². The second-order valence-electron chi connectivity index (χ2n) is 3.37. The van der Waals surface area contributed by atoms with Crippen molar-refractivity contribution in [3.8, 4) is 0 Å². The van der Waals surface area contributed by atoms with Crippen LogP contribution in [0.1, 0.15) is 18.5 Å². The molecular weight excluding hydrogens is 212 g/mol. The van der Waals surface area contributed by atoms with Crippen LogP contribution in [0.3, 0.4) is 0 Å². The minimum atomic E-state index is -0.123. The first-order chi connectivity index (χ1) is 7.20. The summed E-state index contributed by atoms with van der Waals surface area (Å²) in [6.45, 7) is 1.94. The number of hydrogen-bond acceptors (Lipinski definition) is 1. The summed E-state index contributed by atoms with van der Waals surface area (Å²) in [5, 5.41) is 0.679. The Balaban J connectivity index is 2.45. The Morgan fingerprint density at radius 2 is 2.13 bits per heavy atom. The SMILES string of the molecule is CC(c1ccccc1Cl)n1cc[nH]c1=O. The van der Waals surface area contributed by atoms with E-state index in [9.17, 15) is 4.79 Å². The number of nitrogens with zero attached hydrogens (tertiary/aromatic N) is 1. The van der Waals surface area contributed by atoms with Crippen molar-refractivity contribution in [3.05, 3.63) is 57.7 Å². The molecule has 0 aliphatic carbocycles. The van der Waals surface area contributed by atoms with Gasteiger partial charge in [0.15, 0.2) is 0 Å². The maximum atomic E-state index is 11.4. The zero-order valence-corrected chi connectivity index (χ0v) is 9.03. The van der Waals surface area contributed by atoms with Crippen molar-refractivity contribution in [3.63, 3.8) is 0 Å². The minimum Gasteiger partial charge on any atom is -0.313 e. The molecule has 3 nitrogen and oxygen atoms in total. The van der Waals surface area contributed by atoms with E-state index in [1.165, 1.54) is 0 Å². The predicted octanol–water partition coefficient (Wildman–Crippen LogP) is 2.44. The van der Waals surface area contributed by atoms with E-state index in [-0.39, 0.29) is 11.7 Å². The summed E-state index contributed by atoms with van der Waals surface area (Å²) >= 11 is 6.06. The maximum absolute atomic E-state index is 11.4. The number of hydrogen-bond donors (Lipinski definition) is 1. The number of aromatic nitrogens is 2. The van der Waals surface area contributed by atoms with Gasteiger partial charge in [-0.05, 0) is 18.6 Å². The summed E-state index contributed by atoms with van der Waals surface area (Å²) in [4.78, 5) is 14.0. The largest absolute Gasteiger partial charge is 0.326 e. The predicted molar refractivity (Wildman–Crippen MR) is 60.3 cm³/mol. The van der Waals surface area contributed by atoms with E-state index in [2.05, 4.69) is 4.98 Å². The highest BCUT2D eigenvalue weighted by molar-refractivity contribution is 6.31.